The first-order valence-electron chi connectivity index (χ1n) is 7.95. The molecule has 0 spiro atoms. The van der Waals surface area contributed by atoms with Gasteiger partial charge in [0.2, 0.25) is 5.91 Å². The van der Waals surface area contributed by atoms with Crippen molar-refractivity contribution in [3.05, 3.63) is 72.1 Å². The van der Waals surface area contributed by atoms with Gasteiger partial charge in [0.1, 0.15) is 11.4 Å². The van der Waals surface area contributed by atoms with Crippen LogP contribution in [0.4, 0.5) is 5.82 Å². The highest BCUT2D eigenvalue weighted by molar-refractivity contribution is 6.01. The average molecular weight is 322 g/mol. The minimum Gasteiger partial charge on any atom is -0.356 e. The van der Waals surface area contributed by atoms with Crippen LogP contribution < -0.4 is 4.90 Å². The van der Waals surface area contributed by atoms with Gasteiger partial charge in [-0.25, -0.2) is 4.98 Å². The van der Waals surface area contributed by atoms with E-state index in [0.29, 0.717) is 12.2 Å². The van der Waals surface area contributed by atoms with Crippen LogP contribution in [0.5, 0.6) is 0 Å². The first-order valence-corrected chi connectivity index (χ1v) is 7.95. The molecular weight excluding hydrogens is 304 g/mol. The van der Waals surface area contributed by atoms with Crippen molar-refractivity contribution in [3.8, 4) is 0 Å². The van der Waals surface area contributed by atoms with Crippen LogP contribution in [-0.2, 0) is 19.9 Å². The summed E-state index contributed by atoms with van der Waals surface area (Å²) in [5, 5.41) is 0. The fraction of sp³-hybridized carbons (Fsp3) is 0.263. The molecule has 3 heterocycles. The second-order valence-corrected chi connectivity index (χ2v) is 5.90. The summed E-state index contributed by atoms with van der Waals surface area (Å²) in [6.45, 7) is 0. The summed E-state index contributed by atoms with van der Waals surface area (Å²) >= 11 is 0. The highest BCUT2D eigenvalue weighted by Crippen LogP contribution is 2.49. The number of amides is 1. The Labute approximate surface area is 140 Å². The molecule has 24 heavy (non-hydrogen) atoms. The van der Waals surface area contributed by atoms with Gasteiger partial charge in [-0.15, -0.1) is 0 Å². The van der Waals surface area contributed by atoms with E-state index in [0.717, 1.165) is 11.3 Å². The van der Waals surface area contributed by atoms with Crippen molar-refractivity contribution >= 4 is 11.7 Å². The number of carbonyl (C=O) groups excluding carboxylic acids is 1. The Kier molecular flexibility index (Phi) is 3.67. The van der Waals surface area contributed by atoms with Gasteiger partial charge in [-0.1, -0.05) is 42.5 Å². The zero-order valence-corrected chi connectivity index (χ0v) is 13.4. The van der Waals surface area contributed by atoms with Crippen LogP contribution in [-0.4, -0.2) is 24.3 Å². The van der Waals surface area contributed by atoms with Crippen LogP contribution in [0.15, 0.2) is 66.5 Å². The quantitative estimate of drug-likeness (QED) is 0.872. The monoisotopic (exact) mass is 322 g/mol. The maximum absolute atomic E-state index is 12.8. The Morgan fingerprint density at radius 2 is 2.00 bits per heavy atom. The first-order chi connectivity index (χ1) is 11.7. The van der Waals surface area contributed by atoms with Gasteiger partial charge in [-0.2, -0.15) is 0 Å². The van der Waals surface area contributed by atoms with E-state index < -0.39 is 5.60 Å². The molecule has 0 bridgehead atoms. The van der Waals surface area contributed by atoms with E-state index in [2.05, 4.69) is 4.98 Å². The van der Waals surface area contributed by atoms with Crippen molar-refractivity contribution in [2.24, 2.45) is 0 Å². The van der Waals surface area contributed by atoms with Crippen molar-refractivity contribution in [2.45, 2.75) is 24.7 Å². The topological polar surface area (TPSA) is 51.7 Å². The molecule has 2 aliphatic heterocycles. The second kappa shape index (κ2) is 5.85. The lowest BCUT2D eigenvalue weighted by atomic mass is 9.87. The molecule has 5 nitrogen and oxygen atoms in total. The molecule has 0 radical (unpaired) electrons. The van der Waals surface area contributed by atoms with Crippen molar-refractivity contribution in [1.29, 1.82) is 0 Å². The second-order valence-electron chi connectivity index (χ2n) is 5.90. The van der Waals surface area contributed by atoms with E-state index in [9.17, 15) is 4.79 Å². The molecule has 0 N–H and O–H groups in total. The molecule has 2 aliphatic rings. The number of benzene rings is 1. The lowest BCUT2D eigenvalue weighted by Crippen LogP contribution is -2.39. The van der Waals surface area contributed by atoms with Crippen LogP contribution in [0.1, 0.15) is 18.4 Å². The van der Waals surface area contributed by atoms with Crippen LogP contribution in [0.2, 0.25) is 0 Å². The highest BCUT2D eigenvalue weighted by atomic mass is 16.7. The number of carbonyl (C=O) groups is 1. The third kappa shape index (κ3) is 2.25. The summed E-state index contributed by atoms with van der Waals surface area (Å²) in [5.74, 6) is 0.589. The SMILES string of the molecule is CO[C@@H]1CC=C2N(c3ccccn3)C(=O)C[C@]2(c2ccccc2)O1. The highest BCUT2D eigenvalue weighted by Gasteiger charge is 2.53. The summed E-state index contributed by atoms with van der Waals surface area (Å²) in [7, 11) is 1.62. The van der Waals surface area contributed by atoms with Gasteiger partial charge in [0.25, 0.3) is 0 Å². The molecule has 2 atom stereocenters. The first kappa shape index (κ1) is 15.1. The van der Waals surface area contributed by atoms with E-state index in [-0.39, 0.29) is 18.6 Å². The molecule has 122 valence electrons. The number of methoxy groups -OCH3 is 1. The van der Waals surface area contributed by atoms with Crippen molar-refractivity contribution < 1.29 is 14.3 Å². The number of ether oxygens (including phenoxy) is 2. The lowest BCUT2D eigenvalue weighted by Gasteiger charge is -2.38. The maximum Gasteiger partial charge on any atom is 0.236 e. The summed E-state index contributed by atoms with van der Waals surface area (Å²) in [5.41, 5.74) is 0.949. The van der Waals surface area contributed by atoms with E-state index in [4.69, 9.17) is 9.47 Å². The predicted octanol–water partition coefficient (Wildman–Crippen LogP) is 2.99. The average Bonchev–Trinajstić information content (AvgIpc) is 2.95. The number of pyridine rings is 1. The zero-order valence-electron chi connectivity index (χ0n) is 13.4. The minimum absolute atomic E-state index is 0.0273. The predicted molar refractivity (Wildman–Crippen MR) is 89.0 cm³/mol. The van der Waals surface area contributed by atoms with Crippen LogP contribution in [0.25, 0.3) is 0 Å². The van der Waals surface area contributed by atoms with Crippen molar-refractivity contribution in [3.63, 3.8) is 0 Å². The number of fused-ring (bicyclic) bond motifs is 1. The molecule has 4 rings (SSSR count). The van der Waals surface area contributed by atoms with E-state index in [1.165, 1.54) is 0 Å². The van der Waals surface area contributed by atoms with Gasteiger partial charge in [0, 0.05) is 19.7 Å². The molecule has 0 aliphatic carbocycles. The van der Waals surface area contributed by atoms with E-state index >= 15 is 0 Å². The summed E-state index contributed by atoms with van der Waals surface area (Å²) in [6.07, 6.45) is 4.18. The van der Waals surface area contributed by atoms with E-state index in [1.807, 2.05) is 54.6 Å². The number of rotatable bonds is 3. The maximum atomic E-state index is 12.8. The molecule has 0 saturated carbocycles. The Balaban J connectivity index is 1.86. The van der Waals surface area contributed by atoms with Gasteiger partial charge >= 0.3 is 0 Å². The standard InChI is InChI=1S/C19H18N2O3/c1-23-18-11-10-15-19(24-18,14-7-3-2-4-8-14)13-17(22)21(15)16-9-5-6-12-20-16/h2-10,12,18H,11,13H2,1H3/t18-,19+/m0/s1. The molecule has 1 aromatic heterocycles. The Bertz CT molecular complexity index is 776. The molecular formula is C19H18N2O3. The van der Waals surface area contributed by atoms with Gasteiger partial charge in [-0.05, 0) is 17.7 Å². The summed E-state index contributed by atoms with van der Waals surface area (Å²) in [4.78, 5) is 18.8. The summed E-state index contributed by atoms with van der Waals surface area (Å²) in [6, 6.07) is 15.4. The van der Waals surface area contributed by atoms with Crippen LogP contribution in [0, 0.1) is 0 Å². The van der Waals surface area contributed by atoms with Gasteiger partial charge in [0.15, 0.2) is 6.29 Å². The van der Waals surface area contributed by atoms with Crippen molar-refractivity contribution in [2.75, 3.05) is 12.0 Å². The largest absolute Gasteiger partial charge is 0.356 e. The summed E-state index contributed by atoms with van der Waals surface area (Å²) < 4.78 is 11.7. The molecule has 0 unspecified atom stereocenters. The fourth-order valence-electron chi connectivity index (χ4n) is 3.44. The molecule has 1 amide bonds. The number of hydrogen-bond acceptors (Lipinski definition) is 4. The fourth-order valence-corrected chi connectivity index (χ4v) is 3.44. The molecule has 1 aromatic carbocycles. The Morgan fingerprint density at radius 3 is 2.71 bits per heavy atom. The number of nitrogens with zero attached hydrogens (tertiary/aromatic N) is 2. The molecule has 5 heteroatoms. The van der Waals surface area contributed by atoms with Gasteiger partial charge in [-0.3, -0.25) is 9.69 Å². The molecule has 1 fully saturated rings. The number of aromatic nitrogens is 1. The minimum atomic E-state index is -0.825. The molecule has 1 saturated heterocycles. The smallest absolute Gasteiger partial charge is 0.236 e. The zero-order chi connectivity index (χ0) is 16.6. The third-order valence-corrected chi connectivity index (χ3v) is 4.52. The Morgan fingerprint density at radius 1 is 1.21 bits per heavy atom. The van der Waals surface area contributed by atoms with Gasteiger partial charge in [0.05, 0.1) is 12.1 Å². The lowest BCUT2D eigenvalue weighted by molar-refractivity contribution is -0.194. The number of hydrogen-bond donors (Lipinski definition) is 0. The van der Waals surface area contributed by atoms with Crippen molar-refractivity contribution in [1.82, 2.24) is 4.98 Å². The van der Waals surface area contributed by atoms with Crippen LogP contribution in [0.3, 0.4) is 0 Å². The van der Waals surface area contributed by atoms with E-state index in [1.54, 1.807) is 18.2 Å². The Hall–Kier alpha value is -2.50. The van der Waals surface area contributed by atoms with Gasteiger partial charge < -0.3 is 9.47 Å². The third-order valence-electron chi connectivity index (χ3n) is 4.52. The molecule has 2 aromatic rings. The van der Waals surface area contributed by atoms with Crippen LogP contribution >= 0.6 is 0 Å². The number of anilines is 1. The normalized spacial score (nSPS) is 26.2.